The minimum Gasteiger partial charge on any atom is -0.288 e. The Morgan fingerprint density at radius 3 is 2.55 bits per heavy atom. The van der Waals surface area contributed by atoms with Crippen molar-refractivity contribution >= 4 is 32.8 Å². The number of sulfonamides is 1. The highest BCUT2D eigenvalue weighted by Crippen LogP contribution is 2.25. The Hall–Kier alpha value is -3.08. The van der Waals surface area contributed by atoms with E-state index in [0.29, 0.717) is 28.6 Å². The number of fused-ring (bicyclic) bond motifs is 1. The monoisotopic (exact) mass is 453 g/mol. The molecular formula is C21H19N5O3S2. The van der Waals surface area contributed by atoms with Gasteiger partial charge in [0.15, 0.2) is 5.16 Å². The second kappa shape index (κ2) is 8.22. The van der Waals surface area contributed by atoms with Crippen molar-refractivity contribution in [1.82, 2.24) is 19.5 Å². The average molecular weight is 454 g/mol. The quantitative estimate of drug-likeness (QED) is 0.364. The fourth-order valence-electron chi connectivity index (χ4n) is 3.22. The molecule has 0 aliphatic carbocycles. The predicted octanol–water partition coefficient (Wildman–Crippen LogP) is 2.58. The van der Waals surface area contributed by atoms with E-state index in [2.05, 4.69) is 15.0 Å². The lowest BCUT2D eigenvalue weighted by Crippen LogP contribution is -2.21. The third kappa shape index (κ3) is 4.36. The molecule has 4 rings (SSSR count). The van der Waals surface area contributed by atoms with Gasteiger partial charge in [0.25, 0.3) is 5.56 Å². The molecule has 3 aromatic heterocycles. The van der Waals surface area contributed by atoms with E-state index in [1.54, 1.807) is 35.2 Å². The molecule has 8 nitrogen and oxygen atoms in total. The minimum atomic E-state index is -3.81. The molecule has 4 aromatic rings. The van der Waals surface area contributed by atoms with Crippen molar-refractivity contribution in [2.24, 2.45) is 5.14 Å². The minimum absolute atomic E-state index is 0.0329. The van der Waals surface area contributed by atoms with E-state index in [-0.39, 0.29) is 10.5 Å². The summed E-state index contributed by atoms with van der Waals surface area (Å²) in [6.45, 7) is 2.17. The standard InChI is InChI=1S/C21H19N5O3S2/c1-13-3-6-16(31(22,28)29)9-17(13)18-7-4-14(10-23-18)12-26-19(27)8-5-15-11-24-21(30-2)25-20(15)26/h3-11H,12H2,1-2H3,(H2,22,28,29). The van der Waals surface area contributed by atoms with Gasteiger partial charge in [0, 0.05) is 29.4 Å². The van der Waals surface area contributed by atoms with Crippen LogP contribution < -0.4 is 10.7 Å². The van der Waals surface area contributed by atoms with Crippen LogP contribution in [0.1, 0.15) is 11.1 Å². The van der Waals surface area contributed by atoms with Crippen LogP contribution >= 0.6 is 11.8 Å². The molecule has 0 atom stereocenters. The van der Waals surface area contributed by atoms with Crippen molar-refractivity contribution in [2.75, 3.05) is 6.26 Å². The number of aryl methyl sites for hydroxylation is 1. The summed E-state index contributed by atoms with van der Waals surface area (Å²) in [5, 5.41) is 6.62. The van der Waals surface area contributed by atoms with Crippen LogP contribution in [0.3, 0.4) is 0 Å². The van der Waals surface area contributed by atoms with Crippen molar-refractivity contribution in [3.63, 3.8) is 0 Å². The van der Waals surface area contributed by atoms with E-state index >= 15 is 0 Å². The highest BCUT2D eigenvalue weighted by Gasteiger charge is 2.13. The lowest BCUT2D eigenvalue weighted by Gasteiger charge is -2.11. The Kier molecular flexibility index (Phi) is 5.61. The van der Waals surface area contributed by atoms with E-state index in [9.17, 15) is 13.2 Å². The first-order valence-corrected chi connectivity index (χ1v) is 12.0. The van der Waals surface area contributed by atoms with Crippen LogP contribution in [-0.4, -0.2) is 34.2 Å². The van der Waals surface area contributed by atoms with Gasteiger partial charge in [-0.05, 0) is 48.6 Å². The smallest absolute Gasteiger partial charge is 0.252 e. The van der Waals surface area contributed by atoms with Gasteiger partial charge in [0.1, 0.15) is 5.65 Å². The summed E-state index contributed by atoms with van der Waals surface area (Å²) in [4.78, 5) is 25.8. The molecule has 3 heterocycles. The van der Waals surface area contributed by atoms with Crippen LogP contribution in [0.4, 0.5) is 0 Å². The zero-order chi connectivity index (χ0) is 22.2. The second-order valence-electron chi connectivity index (χ2n) is 6.97. The van der Waals surface area contributed by atoms with Crippen LogP contribution in [0.15, 0.2) is 69.7 Å². The summed E-state index contributed by atoms with van der Waals surface area (Å²) in [5.41, 5.74) is 3.37. The first-order chi connectivity index (χ1) is 14.8. The van der Waals surface area contributed by atoms with Crippen molar-refractivity contribution in [1.29, 1.82) is 0 Å². The second-order valence-corrected chi connectivity index (χ2v) is 9.30. The maximum Gasteiger partial charge on any atom is 0.252 e. The number of aromatic nitrogens is 4. The van der Waals surface area contributed by atoms with Gasteiger partial charge in [0.2, 0.25) is 10.0 Å². The first-order valence-electron chi connectivity index (χ1n) is 9.25. The largest absolute Gasteiger partial charge is 0.288 e. The zero-order valence-corrected chi connectivity index (χ0v) is 18.4. The highest BCUT2D eigenvalue weighted by molar-refractivity contribution is 7.98. The molecular weight excluding hydrogens is 434 g/mol. The Bertz CT molecular complexity index is 1450. The molecule has 0 fully saturated rings. The molecule has 158 valence electrons. The third-order valence-electron chi connectivity index (χ3n) is 4.86. The maximum atomic E-state index is 12.5. The SMILES string of the molecule is CSc1ncc2ccc(=O)n(Cc3ccc(-c4cc(S(N)(=O)=O)ccc4C)nc3)c2n1. The third-order valence-corrected chi connectivity index (χ3v) is 6.34. The number of primary sulfonamides is 1. The van der Waals surface area contributed by atoms with E-state index in [4.69, 9.17) is 5.14 Å². The van der Waals surface area contributed by atoms with Crippen molar-refractivity contribution < 1.29 is 8.42 Å². The molecule has 2 N–H and O–H groups in total. The molecule has 0 aliphatic rings. The van der Waals surface area contributed by atoms with E-state index in [1.807, 2.05) is 19.2 Å². The van der Waals surface area contributed by atoms with Crippen molar-refractivity contribution in [3.8, 4) is 11.3 Å². The zero-order valence-electron chi connectivity index (χ0n) is 16.8. The molecule has 0 aliphatic heterocycles. The predicted molar refractivity (Wildman–Crippen MR) is 120 cm³/mol. The summed E-state index contributed by atoms with van der Waals surface area (Å²) in [5.74, 6) is 0. The van der Waals surface area contributed by atoms with Gasteiger partial charge in [-0.3, -0.25) is 14.3 Å². The van der Waals surface area contributed by atoms with E-state index in [0.717, 1.165) is 16.5 Å². The summed E-state index contributed by atoms with van der Waals surface area (Å²) >= 11 is 1.41. The van der Waals surface area contributed by atoms with Gasteiger partial charge in [-0.15, -0.1) is 0 Å². The summed E-state index contributed by atoms with van der Waals surface area (Å²) in [6.07, 6.45) is 5.25. The van der Waals surface area contributed by atoms with Crippen molar-refractivity contribution in [3.05, 3.63) is 76.3 Å². The number of nitrogens with zero attached hydrogens (tertiary/aromatic N) is 4. The fourth-order valence-corrected chi connectivity index (χ4v) is 4.10. The van der Waals surface area contributed by atoms with Crippen LogP contribution in [0, 0.1) is 6.92 Å². The number of thioether (sulfide) groups is 1. The van der Waals surface area contributed by atoms with Gasteiger partial charge in [-0.1, -0.05) is 23.9 Å². The average Bonchev–Trinajstić information content (AvgIpc) is 2.75. The topological polar surface area (TPSA) is 121 Å². The van der Waals surface area contributed by atoms with Gasteiger partial charge >= 0.3 is 0 Å². The molecule has 0 saturated carbocycles. The molecule has 31 heavy (non-hydrogen) atoms. The van der Waals surface area contributed by atoms with Gasteiger partial charge in [-0.2, -0.15) is 0 Å². The number of hydrogen-bond acceptors (Lipinski definition) is 7. The lowest BCUT2D eigenvalue weighted by atomic mass is 10.0. The molecule has 10 heteroatoms. The Morgan fingerprint density at radius 2 is 1.87 bits per heavy atom. The molecule has 0 saturated heterocycles. The molecule has 0 radical (unpaired) electrons. The number of nitrogens with two attached hydrogens (primary N) is 1. The van der Waals surface area contributed by atoms with Crippen LogP contribution in [-0.2, 0) is 16.6 Å². The van der Waals surface area contributed by atoms with E-state index < -0.39 is 10.0 Å². The van der Waals surface area contributed by atoms with Crippen LogP contribution in [0.2, 0.25) is 0 Å². The van der Waals surface area contributed by atoms with Crippen LogP contribution in [0.25, 0.3) is 22.3 Å². The van der Waals surface area contributed by atoms with Gasteiger partial charge < -0.3 is 0 Å². The Balaban J connectivity index is 1.71. The summed E-state index contributed by atoms with van der Waals surface area (Å²) < 4.78 is 24.9. The lowest BCUT2D eigenvalue weighted by molar-refractivity contribution is 0.598. The molecule has 1 aromatic carbocycles. The van der Waals surface area contributed by atoms with Gasteiger partial charge in [0.05, 0.1) is 17.1 Å². The normalized spacial score (nSPS) is 11.7. The van der Waals surface area contributed by atoms with Crippen molar-refractivity contribution in [2.45, 2.75) is 23.5 Å². The summed E-state index contributed by atoms with van der Waals surface area (Å²) in [7, 11) is -3.81. The van der Waals surface area contributed by atoms with Gasteiger partial charge in [-0.25, -0.2) is 23.5 Å². The highest BCUT2D eigenvalue weighted by atomic mass is 32.2. The molecule has 0 amide bonds. The first kappa shape index (κ1) is 21.2. The Morgan fingerprint density at radius 1 is 1.06 bits per heavy atom. The number of hydrogen-bond donors (Lipinski definition) is 1. The summed E-state index contributed by atoms with van der Waals surface area (Å²) in [6, 6.07) is 11.5. The number of rotatable bonds is 5. The molecule has 0 spiro atoms. The number of benzene rings is 1. The Labute approximate surface area is 183 Å². The fraction of sp³-hybridized carbons (Fsp3) is 0.143. The van der Waals surface area contributed by atoms with E-state index in [1.165, 1.54) is 30.0 Å². The molecule has 0 bridgehead atoms. The maximum absolute atomic E-state index is 12.5. The molecule has 0 unspecified atom stereocenters. The number of pyridine rings is 2. The van der Waals surface area contributed by atoms with Crippen LogP contribution in [0.5, 0.6) is 0 Å².